The van der Waals surface area contributed by atoms with Crippen LogP contribution in [0.25, 0.3) is 0 Å². The second-order valence-corrected chi connectivity index (χ2v) is 3.43. The average Bonchev–Trinajstić information content (AvgIpc) is 2.24. The summed E-state index contributed by atoms with van der Waals surface area (Å²) in [6.45, 7) is -0.712. The van der Waals surface area contributed by atoms with Gasteiger partial charge in [0.05, 0.1) is 12.7 Å². The molecule has 1 unspecified atom stereocenters. The first kappa shape index (κ1) is 13.0. The minimum Gasteiger partial charge on any atom is -0.391 e. The summed E-state index contributed by atoms with van der Waals surface area (Å²) in [4.78, 5) is 0. The highest BCUT2D eigenvalue weighted by Crippen LogP contribution is 2.17. The summed E-state index contributed by atoms with van der Waals surface area (Å²) in [5, 5.41) is 9.25. The van der Waals surface area contributed by atoms with E-state index < -0.39 is 19.1 Å². The molecule has 0 aliphatic heterocycles. The van der Waals surface area contributed by atoms with Crippen LogP contribution >= 0.6 is 0 Å². The van der Waals surface area contributed by atoms with E-state index in [1.54, 1.807) is 0 Å². The van der Waals surface area contributed by atoms with Crippen molar-refractivity contribution < 1.29 is 23.0 Å². The molecule has 0 amide bonds. The number of benzene rings is 1. The molecule has 0 saturated carbocycles. The van der Waals surface area contributed by atoms with Gasteiger partial charge in [-0.15, -0.1) is 13.2 Å². The topological polar surface area (TPSA) is 29.5 Å². The molecule has 0 aromatic heterocycles. The van der Waals surface area contributed by atoms with Crippen molar-refractivity contribution >= 4 is 0 Å². The maximum atomic E-state index is 11.6. The maximum absolute atomic E-state index is 11.6. The lowest BCUT2D eigenvalue weighted by Gasteiger charge is -2.12. The number of halogens is 3. The highest BCUT2D eigenvalue weighted by atomic mass is 19.4. The first-order valence-corrected chi connectivity index (χ1v) is 4.90. The quantitative estimate of drug-likeness (QED) is 0.848. The fourth-order valence-corrected chi connectivity index (χ4v) is 1.25. The third-order valence-electron chi connectivity index (χ3n) is 2.05. The van der Waals surface area contributed by atoms with Gasteiger partial charge in [0, 0.05) is 0 Å². The second-order valence-electron chi connectivity index (χ2n) is 3.43. The van der Waals surface area contributed by atoms with Crippen molar-refractivity contribution in [3.05, 3.63) is 35.9 Å². The van der Waals surface area contributed by atoms with E-state index in [4.69, 9.17) is 0 Å². The maximum Gasteiger partial charge on any atom is 0.522 e. The van der Waals surface area contributed by atoms with E-state index in [0.717, 1.165) is 5.56 Å². The van der Waals surface area contributed by atoms with Crippen molar-refractivity contribution in [3.8, 4) is 0 Å². The van der Waals surface area contributed by atoms with Crippen molar-refractivity contribution in [3.63, 3.8) is 0 Å². The van der Waals surface area contributed by atoms with E-state index in [-0.39, 0.29) is 6.42 Å². The van der Waals surface area contributed by atoms with Crippen LogP contribution in [0.5, 0.6) is 0 Å². The van der Waals surface area contributed by atoms with Crippen LogP contribution in [-0.2, 0) is 11.2 Å². The molecule has 5 heteroatoms. The van der Waals surface area contributed by atoms with Gasteiger partial charge in [-0.05, 0) is 18.4 Å². The molecule has 1 aromatic rings. The van der Waals surface area contributed by atoms with E-state index in [2.05, 4.69) is 4.74 Å². The second kappa shape index (κ2) is 5.86. The summed E-state index contributed by atoms with van der Waals surface area (Å²) in [5.74, 6) is 0. The molecule has 0 aliphatic rings. The zero-order chi connectivity index (χ0) is 12.0. The Morgan fingerprint density at radius 3 is 2.38 bits per heavy atom. The van der Waals surface area contributed by atoms with Gasteiger partial charge in [-0.2, -0.15) is 0 Å². The summed E-state index contributed by atoms with van der Waals surface area (Å²) in [5.41, 5.74) is 0.980. The van der Waals surface area contributed by atoms with E-state index in [1.165, 1.54) is 0 Å². The van der Waals surface area contributed by atoms with Gasteiger partial charge in [0.15, 0.2) is 0 Å². The minimum atomic E-state index is -4.67. The van der Waals surface area contributed by atoms with Crippen molar-refractivity contribution in [2.45, 2.75) is 25.3 Å². The number of aliphatic hydroxyl groups excluding tert-OH is 1. The van der Waals surface area contributed by atoms with Gasteiger partial charge in [-0.3, -0.25) is 4.74 Å². The Morgan fingerprint density at radius 2 is 1.81 bits per heavy atom. The summed E-state index contributed by atoms with van der Waals surface area (Å²) < 4.78 is 38.5. The molecule has 90 valence electrons. The fourth-order valence-electron chi connectivity index (χ4n) is 1.25. The normalized spacial score (nSPS) is 13.8. The van der Waals surface area contributed by atoms with Crippen LogP contribution in [0.15, 0.2) is 30.3 Å². The molecule has 0 saturated heterocycles. The Hall–Kier alpha value is -1.07. The summed E-state index contributed by atoms with van der Waals surface area (Å²) in [6, 6.07) is 9.25. The van der Waals surface area contributed by atoms with Crippen molar-refractivity contribution in [1.82, 2.24) is 0 Å². The highest BCUT2D eigenvalue weighted by Gasteiger charge is 2.29. The monoisotopic (exact) mass is 234 g/mol. The van der Waals surface area contributed by atoms with Crippen LogP contribution < -0.4 is 0 Å². The molecule has 0 heterocycles. The van der Waals surface area contributed by atoms with Crippen LogP contribution in [0, 0.1) is 0 Å². The zero-order valence-electron chi connectivity index (χ0n) is 8.57. The molecule has 16 heavy (non-hydrogen) atoms. The number of alkyl halides is 3. The molecular formula is C11H13F3O2. The Labute approximate surface area is 91.7 Å². The summed E-state index contributed by atoms with van der Waals surface area (Å²) >= 11 is 0. The predicted octanol–water partition coefficient (Wildman–Crippen LogP) is 2.52. The fraction of sp³-hybridized carbons (Fsp3) is 0.455. The smallest absolute Gasteiger partial charge is 0.391 e. The van der Waals surface area contributed by atoms with Gasteiger partial charge < -0.3 is 5.11 Å². The van der Waals surface area contributed by atoms with Gasteiger partial charge in [0.25, 0.3) is 0 Å². The van der Waals surface area contributed by atoms with Crippen LogP contribution in [0.4, 0.5) is 13.2 Å². The molecule has 0 radical (unpaired) electrons. The van der Waals surface area contributed by atoms with Crippen LogP contribution in [0.3, 0.4) is 0 Å². The summed E-state index contributed by atoms with van der Waals surface area (Å²) in [6.07, 6.45) is -4.99. The first-order valence-electron chi connectivity index (χ1n) is 4.90. The molecular weight excluding hydrogens is 221 g/mol. The van der Waals surface area contributed by atoms with Gasteiger partial charge in [-0.25, -0.2) is 0 Å². The molecule has 0 aliphatic carbocycles. The molecule has 1 aromatic carbocycles. The summed E-state index contributed by atoms with van der Waals surface area (Å²) in [7, 11) is 0. The zero-order valence-corrected chi connectivity index (χ0v) is 8.57. The Morgan fingerprint density at radius 1 is 1.19 bits per heavy atom. The predicted molar refractivity (Wildman–Crippen MR) is 52.8 cm³/mol. The molecule has 2 nitrogen and oxygen atoms in total. The van der Waals surface area contributed by atoms with Gasteiger partial charge >= 0.3 is 6.36 Å². The van der Waals surface area contributed by atoms with Crippen molar-refractivity contribution in [2.75, 3.05) is 6.61 Å². The number of aliphatic hydroxyl groups is 1. The number of ether oxygens (including phenoxy) is 1. The highest BCUT2D eigenvalue weighted by molar-refractivity contribution is 5.14. The lowest BCUT2D eigenvalue weighted by molar-refractivity contribution is -0.330. The SMILES string of the molecule is OC(CCc1ccccc1)COC(F)(F)F. The lowest BCUT2D eigenvalue weighted by atomic mass is 10.1. The van der Waals surface area contributed by atoms with Crippen LogP contribution in [-0.4, -0.2) is 24.2 Å². The van der Waals surface area contributed by atoms with E-state index >= 15 is 0 Å². The first-order chi connectivity index (χ1) is 7.47. The minimum absolute atomic E-state index is 0.250. The van der Waals surface area contributed by atoms with Crippen molar-refractivity contribution in [1.29, 1.82) is 0 Å². The third kappa shape index (κ3) is 5.72. The molecule has 1 N–H and O–H groups in total. The lowest BCUT2D eigenvalue weighted by Crippen LogP contribution is -2.23. The Balaban J connectivity index is 2.23. The van der Waals surface area contributed by atoms with E-state index in [9.17, 15) is 18.3 Å². The van der Waals surface area contributed by atoms with E-state index in [1.807, 2.05) is 30.3 Å². The molecule has 0 bridgehead atoms. The van der Waals surface area contributed by atoms with Crippen molar-refractivity contribution in [2.24, 2.45) is 0 Å². The standard InChI is InChI=1S/C11H13F3O2/c12-11(13,14)16-8-10(15)7-6-9-4-2-1-3-5-9/h1-5,10,15H,6-8H2. The Kier molecular flexibility index (Phi) is 4.76. The number of hydrogen-bond acceptors (Lipinski definition) is 2. The Bertz CT molecular complexity index is 298. The molecule has 1 atom stereocenters. The molecule has 1 rings (SSSR count). The van der Waals surface area contributed by atoms with Gasteiger partial charge in [0.1, 0.15) is 0 Å². The van der Waals surface area contributed by atoms with Gasteiger partial charge in [-0.1, -0.05) is 30.3 Å². The third-order valence-corrected chi connectivity index (χ3v) is 2.05. The van der Waals surface area contributed by atoms with Crippen LogP contribution in [0.1, 0.15) is 12.0 Å². The van der Waals surface area contributed by atoms with Gasteiger partial charge in [0.2, 0.25) is 0 Å². The number of aryl methyl sites for hydroxylation is 1. The van der Waals surface area contributed by atoms with Crippen LogP contribution in [0.2, 0.25) is 0 Å². The number of rotatable bonds is 5. The molecule has 0 fully saturated rings. The number of hydrogen-bond donors (Lipinski definition) is 1. The largest absolute Gasteiger partial charge is 0.522 e. The van der Waals surface area contributed by atoms with E-state index in [0.29, 0.717) is 6.42 Å². The average molecular weight is 234 g/mol. The molecule has 0 spiro atoms.